The molecule has 76 valence electrons. The lowest BCUT2D eigenvalue weighted by atomic mass is 10.4. The lowest BCUT2D eigenvalue weighted by Crippen LogP contribution is -2.32. The number of ether oxygens (including phenoxy) is 5. The van der Waals surface area contributed by atoms with Gasteiger partial charge in [0.05, 0.1) is 13.2 Å². The van der Waals surface area contributed by atoms with Gasteiger partial charge in [-0.15, -0.1) is 0 Å². The standard InChI is InChI=1S/C8H14O5/c1-9-7(5-3-11-5)13-8(10-2)6-4-12-6/h5-8H,3-4H2,1-2H3. The van der Waals surface area contributed by atoms with Crippen molar-refractivity contribution in [1.29, 1.82) is 0 Å². The van der Waals surface area contributed by atoms with E-state index >= 15 is 0 Å². The Morgan fingerprint density at radius 3 is 1.62 bits per heavy atom. The van der Waals surface area contributed by atoms with Crippen LogP contribution in [0.15, 0.2) is 0 Å². The average molecular weight is 190 g/mol. The van der Waals surface area contributed by atoms with Crippen molar-refractivity contribution in [3.63, 3.8) is 0 Å². The molecule has 0 N–H and O–H groups in total. The molecule has 2 aliphatic heterocycles. The molecule has 0 bridgehead atoms. The van der Waals surface area contributed by atoms with E-state index < -0.39 is 0 Å². The Balaban J connectivity index is 1.78. The zero-order valence-electron chi connectivity index (χ0n) is 7.76. The van der Waals surface area contributed by atoms with Gasteiger partial charge in [0, 0.05) is 14.2 Å². The summed E-state index contributed by atoms with van der Waals surface area (Å²) in [6.45, 7) is 1.39. The van der Waals surface area contributed by atoms with Crippen molar-refractivity contribution < 1.29 is 23.7 Å². The Hall–Kier alpha value is -0.200. The predicted octanol–water partition coefficient (Wildman–Crippen LogP) is -0.254. The molecule has 4 unspecified atom stereocenters. The van der Waals surface area contributed by atoms with Crippen LogP contribution in [0.2, 0.25) is 0 Å². The highest BCUT2D eigenvalue weighted by atomic mass is 16.8. The van der Waals surface area contributed by atoms with Gasteiger partial charge < -0.3 is 23.7 Å². The molecule has 0 saturated carbocycles. The molecule has 2 rings (SSSR count). The van der Waals surface area contributed by atoms with E-state index in [-0.39, 0.29) is 24.8 Å². The van der Waals surface area contributed by atoms with Gasteiger partial charge in [-0.2, -0.15) is 0 Å². The van der Waals surface area contributed by atoms with E-state index in [2.05, 4.69) is 0 Å². The Bertz CT molecular complexity index is 148. The molecule has 0 spiro atoms. The molecule has 0 radical (unpaired) electrons. The SMILES string of the molecule is COC(OC(OC)C1CO1)C1CO1. The molecule has 4 atom stereocenters. The minimum atomic E-state index is -0.339. The summed E-state index contributed by atoms with van der Waals surface area (Å²) in [5.41, 5.74) is 0. The van der Waals surface area contributed by atoms with Crippen LogP contribution < -0.4 is 0 Å². The summed E-state index contributed by atoms with van der Waals surface area (Å²) >= 11 is 0. The van der Waals surface area contributed by atoms with E-state index in [1.807, 2.05) is 0 Å². The summed E-state index contributed by atoms with van der Waals surface area (Å²) < 4.78 is 25.8. The molecular weight excluding hydrogens is 176 g/mol. The molecule has 5 nitrogen and oxygen atoms in total. The van der Waals surface area contributed by atoms with Crippen molar-refractivity contribution >= 4 is 0 Å². The minimum Gasteiger partial charge on any atom is -0.368 e. The largest absolute Gasteiger partial charge is 0.368 e. The van der Waals surface area contributed by atoms with E-state index in [4.69, 9.17) is 23.7 Å². The van der Waals surface area contributed by atoms with Crippen LogP contribution in [0.4, 0.5) is 0 Å². The molecule has 0 aromatic heterocycles. The van der Waals surface area contributed by atoms with Crippen LogP contribution in [0.5, 0.6) is 0 Å². The van der Waals surface area contributed by atoms with Crippen molar-refractivity contribution in [2.24, 2.45) is 0 Å². The van der Waals surface area contributed by atoms with Gasteiger partial charge in [0.1, 0.15) is 12.2 Å². The van der Waals surface area contributed by atoms with Gasteiger partial charge in [0.15, 0.2) is 12.6 Å². The van der Waals surface area contributed by atoms with Crippen LogP contribution in [-0.2, 0) is 23.7 Å². The molecule has 2 saturated heterocycles. The number of hydrogen-bond acceptors (Lipinski definition) is 5. The molecule has 2 fully saturated rings. The van der Waals surface area contributed by atoms with Crippen LogP contribution in [0.1, 0.15) is 0 Å². The van der Waals surface area contributed by atoms with E-state index in [1.54, 1.807) is 14.2 Å². The summed E-state index contributed by atoms with van der Waals surface area (Å²) in [6.07, 6.45) is -0.564. The second-order valence-electron chi connectivity index (χ2n) is 3.09. The van der Waals surface area contributed by atoms with Crippen LogP contribution in [0.25, 0.3) is 0 Å². The molecule has 5 heteroatoms. The van der Waals surface area contributed by atoms with Crippen molar-refractivity contribution in [3.8, 4) is 0 Å². The molecular formula is C8H14O5. The number of hydrogen-bond donors (Lipinski definition) is 0. The Morgan fingerprint density at radius 1 is 1.00 bits per heavy atom. The summed E-state index contributed by atoms with van der Waals surface area (Å²) in [6, 6.07) is 0. The fourth-order valence-corrected chi connectivity index (χ4v) is 1.15. The van der Waals surface area contributed by atoms with Crippen LogP contribution in [-0.4, -0.2) is 52.2 Å². The van der Waals surface area contributed by atoms with E-state index in [0.29, 0.717) is 13.2 Å². The van der Waals surface area contributed by atoms with E-state index in [1.165, 1.54) is 0 Å². The molecule has 0 aliphatic carbocycles. The average Bonchev–Trinajstić information content (AvgIpc) is 2.99. The van der Waals surface area contributed by atoms with E-state index in [0.717, 1.165) is 0 Å². The monoisotopic (exact) mass is 190 g/mol. The summed E-state index contributed by atoms with van der Waals surface area (Å²) in [4.78, 5) is 0. The lowest BCUT2D eigenvalue weighted by molar-refractivity contribution is -0.240. The maximum absolute atomic E-state index is 5.50. The summed E-state index contributed by atoms with van der Waals surface area (Å²) in [5.74, 6) is 0. The number of epoxide rings is 2. The molecule has 0 aromatic carbocycles. The van der Waals surface area contributed by atoms with Gasteiger partial charge >= 0.3 is 0 Å². The first-order valence-corrected chi connectivity index (χ1v) is 4.29. The maximum Gasteiger partial charge on any atom is 0.188 e. The fourth-order valence-electron chi connectivity index (χ4n) is 1.15. The Kier molecular flexibility index (Phi) is 2.80. The second kappa shape index (κ2) is 3.89. The highest BCUT2D eigenvalue weighted by molar-refractivity contribution is 4.78. The molecule has 2 aliphatic rings. The molecule has 0 aromatic rings. The zero-order valence-corrected chi connectivity index (χ0v) is 7.76. The quantitative estimate of drug-likeness (QED) is 0.427. The molecule has 13 heavy (non-hydrogen) atoms. The topological polar surface area (TPSA) is 52.8 Å². The van der Waals surface area contributed by atoms with Crippen molar-refractivity contribution in [2.45, 2.75) is 24.8 Å². The third kappa shape index (κ3) is 2.38. The predicted molar refractivity (Wildman–Crippen MR) is 42.2 cm³/mol. The lowest BCUT2D eigenvalue weighted by Gasteiger charge is -2.19. The van der Waals surface area contributed by atoms with Gasteiger partial charge in [0.25, 0.3) is 0 Å². The van der Waals surface area contributed by atoms with Crippen molar-refractivity contribution in [1.82, 2.24) is 0 Å². The van der Waals surface area contributed by atoms with Gasteiger partial charge in [-0.05, 0) is 0 Å². The van der Waals surface area contributed by atoms with Gasteiger partial charge in [-0.1, -0.05) is 0 Å². The van der Waals surface area contributed by atoms with Gasteiger partial charge in [0.2, 0.25) is 0 Å². The first kappa shape index (κ1) is 9.36. The Labute approximate surface area is 76.8 Å². The molecule has 0 amide bonds. The maximum atomic E-state index is 5.50. The highest BCUT2D eigenvalue weighted by Gasteiger charge is 2.41. The van der Waals surface area contributed by atoms with Crippen molar-refractivity contribution in [3.05, 3.63) is 0 Å². The highest BCUT2D eigenvalue weighted by Crippen LogP contribution is 2.24. The number of rotatable bonds is 6. The molecule has 2 heterocycles. The van der Waals surface area contributed by atoms with Gasteiger partial charge in [-0.25, -0.2) is 0 Å². The summed E-state index contributed by atoms with van der Waals surface area (Å²) in [5, 5.41) is 0. The smallest absolute Gasteiger partial charge is 0.188 e. The third-order valence-corrected chi connectivity index (χ3v) is 2.06. The van der Waals surface area contributed by atoms with Crippen LogP contribution in [0.3, 0.4) is 0 Å². The second-order valence-corrected chi connectivity index (χ2v) is 3.09. The first-order valence-electron chi connectivity index (χ1n) is 4.29. The fraction of sp³-hybridized carbons (Fsp3) is 1.00. The first-order chi connectivity index (χ1) is 6.35. The zero-order chi connectivity index (χ0) is 9.26. The Morgan fingerprint density at radius 2 is 1.38 bits per heavy atom. The summed E-state index contributed by atoms with van der Waals surface area (Å²) in [7, 11) is 3.18. The normalized spacial score (nSPS) is 35.5. The van der Waals surface area contributed by atoms with Crippen molar-refractivity contribution in [2.75, 3.05) is 27.4 Å². The third-order valence-electron chi connectivity index (χ3n) is 2.06. The van der Waals surface area contributed by atoms with Gasteiger partial charge in [-0.3, -0.25) is 0 Å². The minimum absolute atomic E-state index is 0.0569. The van der Waals surface area contributed by atoms with Crippen LogP contribution in [0, 0.1) is 0 Å². The van der Waals surface area contributed by atoms with Crippen LogP contribution >= 0.6 is 0 Å². The number of methoxy groups -OCH3 is 2. The van der Waals surface area contributed by atoms with E-state index in [9.17, 15) is 0 Å².